The molecule has 0 N–H and O–H groups in total. The van der Waals surface area contributed by atoms with Gasteiger partial charge in [0, 0.05) is 5.56 Å². The number of benzene rings is 11. The van der Waals surface area contributed by atoms with E-state index in [1.54, 1.807) is 0 Å². The largest absolute Gasteiger partial charge is 0.453 e. The number of fused-ring (bicyclic) bond motifs is 6. The Bertz CT molecular complexity index is 3770. The summed E-state index contributed by atoms with van der Waals surface area (Å²) in [6, 6.07) is 79.0. The number of para-hydroxylation sites is 1. The molecule has 3 heteroatoms. The Morgan fingerprint density at radius 3 is 1.53 bits per heavy atom. The number of imidazole rings is 1. The van der Waals surface area contributed by atoms with Crippen LogP contribution in [0.4, 0.5) is 0 Å². The summed E-state index contributed by atoms with van der Waals surface area (Å²) < 4.78 is 8.84. The zero-order chi connectivity index (χ0) is 40.7. The summed E-state index contributed by atoms with van der Waals surface area (Å²) in [6.07, 6.45) is 0. The fraction of sp³-hybridized carbons (Fsp3) is 0. The van der Waals surface area contributed by atoms with E-state index in [1.165, 1.54) is 70.9 Å². The van der Waals surface area contributed by atoms with Gasteiger partial charge in [0.1, 0.15) is 11.3 Å². The van der Waals surface area contributed by atoms with E-state index in [0.29, 0.717) is 0 Å². The van der Waals surface area contributed by atoms with Crippen molar-refractivity contribution in [2.24, 2.45) is 0 Å². The molecular weight excluding hydrogens is 753 g/mol. The summed E-state index contributed by atoms with van der Waals surface area (Å²) in [4.78, 5) is 5.05. The van der Waals surface area contributed by atoms with Crippen molar-refractivity contribution < 1.29 is 4.74 Å². The zero-order valence-electron chi connectivity index (χ0n) is 33.6. The first kappa shape index (κ1) is 34.6. The minimum atomic E-state index is 0.812. The van der Waals surface area contributed by atoms with Gasteiger partial charge >= 0.3 is 0 Å². The second-order valence-electron chi connectivity index (χ2n) is 16.3. The molecule has 1 aliphatic rings. The average Bonchev–Trinajstić information content (AvgIpc) is 3.74. The molecule has 0 saturated heterocycles. The van der Waals surface area contributed by atoms with Gasteiger partial charge in [-0.05, 0) is 130 Å². The molecule has 3 nitrogen and oxygen atoms in total. The van der Waals surface area contributed by atoms with Crippen molar-refractivity contribution >= 4 is 54.1 Å². The molecule has 2 heterocycles. The van der Waals surface area contributed by atoms with Crippen molar-refractivity contribution in [3.63, 3.8) is 0 Å². The highest BCUT2D eigenvalue weighted by Gasteiger charge is 2.25. The topological polar surface area (TPSA) is 27.1 Å². The Balaban J connectivity index is 0.945. The Morgan fingerprint density at radius 2 is 0.855 bits per heavy atom. The van der Waals surface area contributed by atoms with E-state index in [1.807, 2.05) is 18.2 Å². The van der Waals surface area contributed by atoms with Crippen LogP contribution in [0.1, 0.15) is 0 Å². The first-order valence-electron chi connectivity index (χ1n) is 21.2. The maximum atomic E-state index is 6.60. The Hall–Kier alpha value is -8.27. The first-order chi connectivity index (χ1) is 30.7. The maximum Gasteiger partial charge on any atom is 0.153 e. The monoisotopic (exact) mass is 788 g/mol. The number of ether oxygens (including phenoxy) is 1. The van der Waals surface area contributed by atoms with E-state index in [9.17, 15) is 0 Å². The van der Waals surface area contributed by atoms with Crippen molar-refractivity contribution in [3.8, 4) is 73.1 Å². The highest BCUT2D eigenvalue weighted by molar-refractivity contribution is 6.22. The number of hydrogen-bond acceptors (Lipinski definition) is 2. The van der Waals surface area contributed by atoms with Crippen LogP contribution >= 0.6 is 0 Å². The molecule has 1 aliphatic heterocycles. The second kappa shape index (κ2) is 13.6. The van der Waals surface area contributed by atoms with Gasteiger partial charge in [-0.3, -0.25) is 4.57 Å². The van der Waals surface area contributed by atoms with E-state index in [2.05, 4.69) is 205 Å². The lowest BCUT2D eigenvalue weighted by Crippen LogP contribution is -2.05. The van der Waals surface area contributed by atoms with E-state index < -0.39 is 0 Å². The normalized spacial score (nSPS) is 12.0. The van der Waals surface area contributed by atoms with Crippen LogP contribution in [0.15, 0.2) is 218 Å². The van der Waals surface area contributed by atoms with Gasteiger partial charge in [0.25, 0.3) is 0 Å². The molecule has 0 aliphatic carbocycles. The number of aromatic nitrogens is 2. The van der Waals surface area contributed by atoms with Crippen LogP contribution in [0.25, 0.3) is 116 Å². The summed E-state index contributed by atoms with van der Waals surface area (Å²) in [5, 5.41) is 9.93. The van der Waals surface area contributed by atoms with Crippen molar-refractivity contribution in [2.45, 2.75) is 0 Å². The van der Waals surface area contributed by atoms with Crippen molar-refractivity contribution in [3.05, 3.63) is 218 Å². The number of hydrogen-bond donors (Lipinski definition) is 0. The maximum absolute atomic E-state index is 6.60. The van der Waals surface area contributed by atoms with E-state index >= 15 is 0 Å². The van der Waals surface area contributed by atoms with E-state index in [0.717, 1.165) is 56.3 Å². The fourth-order valence-electron chi connectivity index (χ4n) is 9.80. The minimum Gasteiger partial charge on any atom is -0.453 e. The second-order valence-corrected chi connectivity index (χ2v) is 16.3. The lowest BCUT2D eigenvalue weighted by molar-refractivity contribution is 0.476. The van der Waals surface area contributed by atoms with Crippen molar-refractivity contribution in [1.29, 1.82) is 0 Å². The van der Waals surface area contributed by atoms with Crippen molar-refractivity contribution in [1.82, 2.24) is 9.55 Å². The molecule has 0 atom stereocenters. The van der Waals surface area contributed by atoms with Crippen LogP contribution in [0.3, 0.4) is 0 Å². The predicted molar refractivity (Wildman–Crippen MR) is 258 cm³/mol. The smallest absolute Gasteiger partial charge is 0.153 e. The highest BCUT2D eigenvalue weighted by atomic mass is 16.5. The van der Waals surface area contributed by atoms with Gasteiger partial charge in [0.2, 0.25) is 0 Å². The average molecular weight is 789 g/mol. The van der Waals surface area contributed by atoms with Gasteiger partial charge in [-0.25, -0.2) is 4.98 Å². The molecule has 0 spiro atoms. The van der Waals surface area contributed by atoms with E-state index in [-0.39, 0.29) is 0 Å². The van der Waals surface area contributed by atoms with Crippen LogP contribution in [-0.2, 0) is 0 Å². The summed E-state index contributed by atoms with van der Waals surface area (Å²) in [7, 11) is 0. The van der Waals surface area contributed by atoms with Crippen molar-refractivity contribution in [2.75, 3.05) is 0 Å². The summed E-state index contributed by atoms with van der Waals surface area (Å²) in [5.74, 6) is 2.53. The van der Waals surface area contributed by atoms with Crippen LogP contribution in [-0.4, -0.2) is 9.55 Å². The van der Waals surface area contributed by atoms with Gasteiger partial charge in [0.05, 0.1) is 11.2 Å². The molecular formula is C59H36N2O. The summed E-state index contributed by atoms with van der Waals surface area (Å²) in [6.45, 7) is 0. The predicted octanol–water partition coefficient (Wildman–Crippen LogP) is 16.1. The molecule has 11 aromatic carbocycles. The molecule has 0 bridgehead atoms. The highest BCUT2D eigenvalue weighted by Crippen LogP contribution is 2.47. The third-order valence-electron chi connectivity index (χ3n) is 12.7. The molecule has 62 heavy (non-hydrogen) atoms. The molecule has 0 unspecified atom stereocenters. The van der Waals surface area contributed by atoms with Crippen LogP contribution < -0.4 is 4.74 Å². The number of rotatable bonds is 5. The molecule has 1 aromatic heterocycles. The SMILES string of the molecule is c1ccc(-c2nc3cccc4c3n2-c2ccc(-c3ccc(-c5ccc6c(-c7ccc8ccccc8c7)c7ccccc7c(-c7ccc8ccccc8c7)c6c5)cc3)cc2O4)cc1. The van der Waals surface area contributed by atoms with Gasteiger partial charge in [-0.15, -0.1) is 0 Å². The molecule has 0 fully saturated rings. The number of nitrogens with zero attached hydrogens (tertiary/aromatic N) is 2. The van der Waals surface area contributed by atoms with Crippen LogP contribution in [0.5, 0.6) is 11.5 Å². The summed E-state index contributed by atoms with van der Waals surface area (Å²) in [5.41, 5.74) is 13.5. The third-order valence-corrected chi connectivity index (χ3v) is 12.7. The molecule has 0 radical (unpaired) electrons. The molecule has 0 amide bonds. The molecule has 13 rings (SSSR count). The van der Waals surface area contributed by atoms with Crippen LogP contribution in [0, 0.1) is 0 Å². The Labute approximate surface area is 358 Å². The Morgan fingerprint density at radius 1 is 0.323 bits per heavy atom. The standard InChI is InChI=1S/C59H36N2O/c1-2-13-41(14-3-1)59-60-52-19-10-20-54-58(52)61(59)53-32-30-45(36-55(53)62-54)40-23-21-39(22-24-40)44-29-31-50-51(35-44)57(47-28-26-38-12-5-7-16-43(38)34-47)49-18-9-8-17-48(49)56(50)46-27-25-37-11-4-6-15-42(37)33-46/h1-36H. The lowest BCUT2D eigenvalue weighted by atomic mass is 9.84. The quantitative estimate of drug-likeness (QED) is 0.162. The third kappa shape index (κ3) is 5.42. The molecule has 0 saturated carbocycles. The van der Waals surface area contributed by atoms with Gasteiger partial charge in [-0.2, -0.15) is 0 Å². The van der Waals surface area contributed by atoms with E-state index in [4.69, 9.17) is 9.72 Å². The van der Waals surface area contributed by atoms with Gasteiger partial charge in [0.15, 0.2) is 11.5 Å². The minimum absolute atomic E-state index is 0.812. The molecule has 12 aromatic rings. The van der Waals surface area contributed by atoms with Crippen LogP contribution in [0.2, 0.25) is 0 Å². The first-order valence-corrected chi connectivity index (χ1v) is 21.2. The van der Waals surface area contributed by atoms with Gasteiger partial charge < -0.3 is 4.74 Å². The van der Waals surface area contributed by atoms with Gasteiger partial charge in [-0.1, -0.05) is 176 Å². The summed E-state index contributed by atoms with van der Waals surface area (Å²) >= 11 is 0. The molecule has 288 valence electrons. The zero-order valence-corrected chi connectivity index (χ0v) is 33.6. The lowest BCUT2D eigenvalue weighted by Gasteiger charge is -2.22. The Kier molecular flexibility index (Phi) is 7.60. The fourth-order valence-corrected chi connectivity index (χ4v) is 9.80.